The van der Waals surface area contributed by atoms with Gasteiger partial charge in [-0.2, -0.15) is 0 Å². The van der Waals surface area contributed by atoms with Gasteiger partial charge in [0.2, 0.25) is 0 Å². The van der Waals surface area contributed by atoms with Gasteiger partial charge >= 0.3 is 0 Å². The van der Waals surface area contributed by atoms with Crippen LogP contribution in [0.3, 0.4) is 0 Å². The molecule has 0 fully saturated rings. The summed E-state index contributed by atoms with van der Waals surface area (Å²) in [5.74, 6) is 1.49. The van der Waals surface area contributed by atoms with Crippen molar-refractivity contribution in [1.29, 1.82) is 0 Å². The number of imidazole rings is 2. The lowest BCUT2D eigenvalue weighted by Crippen LogP contribution is -1.95. The van der Waals surface area contributed by atoms with Crippen molar-refractivity contribution in [2.24, 2.45) is 0 Å². The van der Waals surface area contributed by atoms with E-state index in [0.717, 1.165) is 66.1 Å². The van der Waals surface area contributed by atoms with Gasteiger partial charge in [0.1, 0.15) is 22.8 Å². The van der Waals surface area contributed by atoms with E-state index in [9.17, 15) is 0 Å². The third-order valence-corrected chi connectivity index (χ3v) is 9.19. The van der Waals surface area contributed by atoms with Crippen molar-refractivity contribution in [3.8, 4) is 33.8 Å². The zero-order valence-corrected chi connectivity index (χ0v) is 25.1. The molecule has 6 heteroatoms. The van der Waals surface area contributed by atoms with Crippen LogP contribution < -0.4 is 4.74 Å². The van der Waals surface area contributed by atoms with Crippen LogP contribution in [0.4, 0.5) is 0 Å². The van der Waals surface area contributed by atoms with E-state index >= 15 is 0 Å². The van der Waals surface area contributed by atoms with Crippen molar-refractivity contribution in [1.82, 2.24) is 23.8 Å². The van der Waals surface area contributed by atoms with Crippen LogP contribution in [0.2, 0.25) is 0 Å². The molecule has 0 aliphatic rings. The standard InChI is InChI=1S/C41H25N5O/c1-3-7-26(8-4-1)33-23-35-31-14-12-29(22-37(31)40-43-17-19-45(40)38(35)24-34(33)27-9-5-2-6-10-27)47-28-11-13-30-32-15-16-42-25-39(32)46-20-18-44-41(46)36(30)21-28/h1-25H. The number of pyridine rings is 3. The maximum atomic E-state index is 6.55. The zero-order chi connectivity index (χ0) is 30.9. The molecule has 47 heavy (non-hydrogen) atoms. The fourth-order valence-electron chi connectivity index (χ4n) is 7.07. The summed E-state index contributed by atoms with van der Waals surface area (Å²) >= 11 is 0. The molecule has 0 saturated carbocycles. The van der Waals surface area contributed by atoms with Crippen molar-refractivity contribution >= 4 is 54.6 Å². The van der Waals surface area contributed by atoms with Gasteiger partial charge in [-0.3, -0.25) is 13.8 Å². The average molecular weight is 604 g/mol. The number of hydrogen-bond donors (Lipinski definition) is 0. The SMILES string of the molecule is c1ccc(-c2cc3c4ccc(Oc5ccc6c7ccncc7n7ccnc7c6c5)cc4c4nccn4c3cc2-c2ccccc2)cc1. The monoisotopic (exact) mass is 603 g/mol. The Labute approximate surface area is 268 Å². The minimum Gasteiger partial charge on any atom is -0.457 e. The molecule has 0 radical (unpaired) electrons. The van der Waals surface area contributed by atoms with E-state index in [-0.39, 0.29) is 0 Å². The van der Waals surface area contributed by atoms with Crippen molar-refractivity contribution in [3.05, 3.63) is 152 Å². The van der Waals surface area contributed by atoms with Gasteiger partial charge in [-0.05, 0) is 87.6 Å². The number of fused-ring (bicyclic) bond motifs is 12. The summed E-state index contributed by atoms with van der Waals surface area (Å²) in [6.07, 6.45) is 11.4. The highest BCUT2D eigenvalue weighted by Gasteiger charge is 2.17. The normalized spacial score (nSPS) is 11.8. The van der Waals surface area contributed by atoms with Gasteiger partial charge in [-0.25, -0.2) is 9.97 Å². The molecule has 10 aromatic rings. The maximum Gasteiger partial charge on any atom is 0.145 e. The van der Waals surface area contributed by atoms with Crippen LogP contribution in [-0.2, 0) is 0 Å². The minimum absolute atomic E-state index is 0.745. The van der Waals surface area contributed by atoms with E-state index in [4.69, 9.17) is 9.72 Å². The topological polar surface area (TPSA) is 56.7 Å². The predicted octanol–water partition coefficient (Wildman–Crippen LogP) is 10.1. The van der Waals surface area contributed by atoms with Crippen LogP contribution in [0, 0.1) is 0 Å². The number of hydrogen-bond acceptors (Lipinski definition) is 4. The Hall–Kier alpha value is -6.53. The first kappa shape index (κ1) is 25.8. The largest absolute Gasteiger partial charge is 0.457 e. The van der Waals surface area contributed by atoms with E-state index < -0.39 is 0 Å². The maximum absolute atomic E-state index is 6.55. The van der Waals surface area contributed by atoms with Crippen LogP contribution in [0.15, 0.2) is 152 Å². The van der Waals surface area contributed by atoms with Crippen LogP contribution in [0.25, 0.3) is 76.9 Å². The molecule has 0 aliphatic heterocycles. The van der Waals surface area contributed by atoms with Gasteiger partial charge in [0.15, 0.2) is 0 Å². The first-order chi connectivity index (χ1) is 23.3. The summed E-state index contributed by atoms with van der Waals surface area (Å²) < 4.78 is 10.8. The number of rotatable bonds is 4. The quantitative estimate of drug-likeness (QED) is 0.188. The van der Waals surface area contributed by atoms with E-state index in [0.29, 0.717) is 0 Å². The van der Waals surface area contributed by atoms with Gasteiger partial charge in [0, 0.05) is 52.5 Å². The summed E-state index contributed by atoms with van der Waals surface area (Å²) in [5.41, 5.74) is 8.63. The summed E-state index contributed by atoms with van der Waals surface area (Å²) in [7, 11) is 0. The zero-order valence-electron chi connectivity index (χ0n) is 25.1. The Bertz CT molecular complexity index is 2820. The number of nitrogens with zero attached hydrogens (tertiary/aromatic N) is 5. The number of benzene rings is 5. The second-order valence-corrected chi connectivity index (χ2v) is 11.8. The molecule has 10 rings (SSSR count). The average Bonchev–Trinajstić information content (AvgIpc) is 3.84. The van der Waals surface area contributed by atoms with Gasteiger partial charge in [0.05, 0.1) is 17.2 Å². The molecule has 5 aromatic carbocycles. The Morgan fingerprint density at radius 1 is 0.447 bits per heavy atom. The molecular weight excluding hydrogens is 578 g/mol. The molecule has 5 aromatic heterocycles. The summed E-state index contributed by atoms with van der Waals surface area (Å²) in [6.45, 7) is 0. The second-order valence-electron chi connectivity index (χ2n) is 11.8. The molecule has 5 heterocycles. The minimum atomic E-state index is 0.745. The van der Waals surface area contributed by atoms with E-state index in [2.05, 4.69) is 122 Å². The van der Waals surface area contributed by atoms with E-state index in [1.807, 2.05) is 49.3 Å². The molecule has 0 saturated heterocycles. The fourth-order valence-corrected chi connectivity index (χ4v) is 7.07. The Balaban J connectivity index is 1.15. The molecule has 220 valence electrons. The van der Waals surface area contributed by atoms with Gasteiger partial charge in [0.25, 0.3) is 0 Å². The van der Waals surface area contributed by atoms with Gasteiger partial charge in [-0.1, -0.05) is 60.7 Å². The summed E-state index contributed by atoms with van der Waals surface area (Å²) in [4.78, 5) is 13.8. The summed E-state index contributed by atoms with van der Waals surface area (Å²) in [6, 6.07) is 40.4. The van der Waals surface area contributed by atoms with E-state index in [1.54, 1.807) is 0 Å². The van der Waals surface area contributed by atoms with E-state index in [1.165, 1.54) is 22.3 Å². The van der Waals surface area contributed by atoms with Crippen LogP contribution in [-0.4, -0.2) is 23.8 Å². The second kappa shape index (κ2) is 9.99. The molecule has 0 atom stereocenters. The molecule has 0 amide bonds. The van der Waals surface area contributed by atoms with Crippen molar-refractivity contribution in [2.75, 3.05) is 0 Å². The first-order valence-corrected chi connectivity index (χ1v) is 15.6. The number of ether oxygens (including phenoxy) is 1. The third kappa shape index (κ3) is 3.95. The smallest absolute Gasteiger partial charge is 0.145 e. The highest BCUT2D eigenvalue weighted by atomic mass is 16.5. The Morgan fingerprint density at radius 2 is 1.02 bits per heavy atom. The lowest BCUT2D eigenvalue weighted by Gasteiger charge is -2.16. The molecule has 0 unspecified atom stereocenters. The Morgan fingerprint density at radius 3 is 1.66 bits per heavy atom. The van der Waals surface area contributed by atoms with Gasteiger partial charge < -0.3 is 4.74 Å². The van der Waals surface area contributed by atoms with Crippen LogP contribution >= 0.6 is 0 Å². The van der Waals surface area contributed by atoms with Crippen LogP contribution in [0.1, 0.15) is 0 Å². The first-order valence-electron chi connectivity index (χ1n) is 15.6. The molecular formula is C41H25N5O. The third-order valence-electron chi connectivity index (χ3n) is 9.19. The highest BCUT2D eigenvalue weighted by Crippen LogP contribution is 2.40. The summed E-state index contributed by atoms with van der Waals surface area (Å²) in [5, 5.41) is 6.57. The molecule has 0 spiro atoms. The van der Waals surface area contributed by atoms with Crippen molar-refractivity contribution in [2.45, 2.75) is 0 Å². The molecule has 0 bridgehead atoms. The number of aromatic nitrogens is 5. The lowest BCUT2D eigenvalue weighted by molar-refractivity contribution is 0.484. The van der Waals surface area contributed by atoms with Crippen LogP contribution in [0.5, 0.6) is 11.5 Å². The van der Waals surface area contributed by atoms with Crippen molar-refractivity contribution < 1.29 is 4.74 Å². The fraction of sp³-hybridized carbons (Fsp3) is 0. The molecule has 6 nitrogen and oxygen atoms in total. The van der Waals surface area contributed by atoms with Gasteiger partial charge in [-0.15, -0.1) is 0 Å². The molecule has 0 N–H and O–H groups in total. The Kier molecular flexibility index (Phi) is 5.48. The lowest BCUT2D eigenvalue weighted by atomic mass is 9.91. The molecule has 0 aliphatic carbocycles. The highest BCUT2D eigenvalue weighted by molar-refractivity contribution is 6.15. The predicted molar refractivity (Wildman–Crippen MR) is 189 cm³/mol. The van der Waals surface area contributed by atoms with Crippen molar-refractivity contribution in [3.63, 3.8) is 0 Å².